The lowest BCUT2D eigenvalue weighted by Gasteiger charge is -2.08. The van der Waals surface area contributed by atoms with Crippen LogP contribution < -0.4 is 10.5 Å². The number of hydrogen-bond donors (Lipinski definition) is 2. The predicted molar refractivity (Wildman–Crippen MR) is 121 cm³/mol. The van der Waals surface area contributed by atoms with Crippen LogP contribution in [0.1, 0.15) is 23.1 Å². The van der Waals surface area contributed by atoms with Crippen LogP contribution in [0.5, 0.6) is 0 Å². The molecule has 0 fully saturated rings. The number of aryl methyl sites for hydroxylation is 3. The lowest BCUT2D eigenvalue weighted by Crippen LogP contribution is -2.13. The fourth-order valence-electron chi connectivity index (χ4n) is 2.85. The number of hydrogen-bond acceptors (Lipinski definition) is 4. The van der Waals surface area contributed by atoms with Gasteiger partial charge in [-0.25, -0.2) is 13.6 Å². The highest BCUT2D eigenvalue weighted by molar-refractivity contribution is 7.99. The summed E-state index contributed by atoms with van der Waals surface area (Å²) in [6.45, 7) is 4.20. The van der Waals surface area contributed by atoms with Crippen LogP contribution in [0.2, 0.25) is 0 Å². The molecule has 30 heavy (non-hydrogen) atoms. The average molecular weight is 441 g/mol. The van der Waals surface area contributed by atoms with Gasteiger partial charge >= 0.3 is 0 Å². The number of amides is 1. The molecule has 0 radical (unpaired) electrons. The molecule has 7 heteroatoms. The van der Waals surface area contributed by atoms with E-state index in [-0.39, 0.29) is 10.8 Å². The molecule has 0 saturated carbocycles. The summed E-state index contributed by atoms with van der Waals surface area (Å²) >= 11 is 1.68. The SMILES string of the molecule is Cc1ccc(Sc2ccc(NC(=O)CCc3ccc(S(N)(=O)=O)cc3)cc2)cc1C. The standard InChI is InChI=1S/C23H24N2O3S2/c1-16-3-9-21(15-17(16)2)29-20-10-7-19(8-11-20)25-23(26)14-6-18-4-12-22(13-5-18)30(24,27)28/h3-5,7-13,15H,6,14H2,1-2H3,(H,25,26)(H2,24,27,28). The first-order valence-corrected chi connectivity index (χ1v) is 11.8. The van der Waals surface area contributed by atoms with Crippen molar-refractivity contribution in [3.63, 3.8) is 0 Å². The molecule has 0 spiro atoms. The minimum Gasteiger partial charge on any atom is -0.326 e. The first-order valence-electron chi connectivity index (χ1n) is 9.47. The van der Waals surface area contributed by atoms with E-state index in [0.29, 0.717) is 12.8 Å². The van der Waals surface area contributed by atoms with Gasteiger partial charge in [0.15, 0.2) is 0 Å². The maximum atomic E-state index is 12.2. The molecule has 1 amide bonds. The molecule has 0 bridgehead atoms. The molecule has 0 atom stereocenters. The first kappa shape index (κ1) is 22.1. The number of anilines is 1. The van der Waals surface area contributed by atoms with Crippen molar-refractivity contribution in [3.05, 3.63) is 83.4 Å². The molecule has 0 unspecified atom stereocenters. The van der Waals surface area contributed by atoms with Gasteiger partial charge in [-0.2, -0.15) is 0 Å². The molecule has 0 aliphatic heterocycles. The summed E-state index contributed by atoms with van der Waals surface area (Å²) in [6.07, 6.45) is 0.811. The van der Waals surface area contributed by atoms with Crippen molar-refractivity contribution in [1.29, 1.82) is 0 Å². The van der Waals surface area contributed by atoms with E-state index in [0.717, 1.165) is 16.1 Å². The zero-order valence-electron chi connectivity index (χ0n) is 16.9. The molecular weight excluding hydrogens is 416 g/mol. The van der Waals surface area contributed by atoms with Gasteiger partial charge in [0.2, 0.25) is 15.9 Å². The number of carbonyl (C=O) groups excluding carboxylic acids is 1. The Bertz CT molecular complexity index is 1140. The molecule has 0 saturated heterocycles. The fraction of sp³-hybridized carbons (Fsp3) is 0.174. The second-order valence-corrected chi connectivity index (χ2v) is 9.82. The van der Waals surface area contributed by atoms with Crippen LogP contribution in [0.4, 0.5) is 5.69 Å². The minimum absolute atomic E-state index is 0.0643. The van der Waals surface area contributed by atoms with Crippen LogP contribution in [0.3, 0.4) is 0 Å². The summed E-state index contributed by atoms with van der Waals surface area (Å²) in [5.41, 5.74) is 4.16. The first-order chi connectivity index (χ1) is 14.2. The highest BCUT2D eigenvalue weighted by Gasteiger charge is 2.08. The molecule has 156 valence electrons. The van der Waals surface area contributed by atoms with E-state index in [2.05, 4.69) is 37.4 Å². The Morgan fingerprint density at radius 1 is 0.900 bits per heavy atom. The molecule has 0 aromatic heterocycles. The number of nitrogens with two attached hydrogens (primary N) is 1. The van der Waals surface area contributed by atoms with Crippen LogP contribution >= 0.6 is 11.8 Å². The smallest absolute Gasteiger partial charge is 0.238 e. The largest absolute Gasteiger partial charge is 0.326 e. The normalized spacial score (nSPS) is 11.3. The van der Waals surface area contributed by atoms with Gasteiger partial charge in [-0.05, 0) is 85.5 Å². The van der Waals surface area contributed by atoms with Crippen molar-refractivity contribution in [2.75, 3.05) is 5.32 Å². The average Bonchev–Trinajstić information content (AvgIpc) is 2.70. The third-order valence-corrected chi connectivity index (χ3v) is 6.67. The summed E-state index contributed by atoms with van der Waals surface area (Å²) < 4.78 is 22.6. The number of benzene rings is 3. The molecule has 0 heterocycles. The zero-order valence-corrected chi connectivity index (χ0v) is 18.5. The van der Waals surface area contributed by atoms with E-state index in [4.69, 9.17) is 5.14 Å². The van der Waals surface area contributed by atoms with Gasteiger partial charge in [0.05, 0.1) is 4.90 Å². The van der Waals surface area contributed by atoms with Gasteiger partial charge in [-0.15, -0.1) is 0 Å². The van der Waals surface area contributed by atoms with E-state index in [1.807, 2.05) is 24.3 Å². The zero-order chi connectivity index (χ0) is 21.7. The van der Waals surface area contributed by atoms with Crippen LogP contribution in [-0.4, -0.2) is 14.3 Å². The number of nitrogens with one attached hydrogen (secondary N) is 1. The van der Waals surface area contributed by atoms with Crippen molar-refractivity contribution in [2.45, 2.75) is 41.4 Å². The van der Waals surface area contributed by atoms with Crippen molar-refractivity contribution < 1.29 is 13.2 Å². The van der Waals surface area contributed by atoms with E-state index in [1.54, 1.807) is 23.9 Å². The molecule has 3 aromatic rings. The Balaban J connectivity index is 1.52. The van der Waals surface area contributed by atoms with Crippen molar-refractivity contribution in [1.82, 2.24) is 0 Å². The Hall–Kier alpha value is -2.61. The third-order valence-electron chi connectivity index (χ3n) is 4.74. The Morgan fingerprint density at radius 2 is 1.53 bits per heavy atom. The number of carbonyl (C=O) groups is 1. The third kappa shape index (κ3) is 6.19. The Kier molecular flexibility index (Phi) is 6.97. The maximum Gasteiger partial charge on any atom is 0.238 e. The topological polar surface area (TPSA) is 89.3 Å². The van der Waals surface area contributed by atoms with Crippen molar-refractivity contribution >= 4 is 33.4 Å². The number of sulfonamides is 1. The quantitative estimate of drug-likeness (QED) is 0.559. The van der Waals surface area contributed by atoms with Gasteiger partial charge in [-0.1, -0.05) is 30.0 Å². The highest BCUT2D eigenvalue weighted by Crippen LogP contribution is 2.29. The van der Waals surface area contributed by atoms with Crippen LogP contribution in [-0.2, 0) is 21.2 Å². The minimum atomic E-state index is -3.70. The molecule has 3 rings (SSSR count). The fourth-order valence-corrected chi connectivity index (χ4v) is 4.28. The van der Waals surface area contributed by atoms with E-state index >= 15 is 0 Å². The summed E-state index contributed by atoms with van der Waals surface area (Å²) in [4.78, 5) is 14.6. The summed E-state index contributed by atoms with van der Waals surface area (Å²) in [5.74, 6) is -0.0971. The van der Waals surface area contributed by atoms with Gasteiger partial charge in [0.25, 0.3) is 0 Å². The summed E-state index contributed by atoms with van der Waals surface area (Å²) in [5, 5.41) is 7.98. The lowest BCUT2D eigenvalue weighted by atomic mass is 10.1. The Labute approximate surface area is 181 Å². The van der Waals surface area contributed by atoms with Crippen LogP contribution in [0.25, 0.3) is 0 Å². The van der Waals surface area contributed by atoms with Crippen LogP contribution in [0.15, 0.2) is 81.4 Å². The molecule has 3 N–H and O–H groups in total. The van der Waals surface area contributed by atoms with Gasteiger partial charge < -0.3 is 5.32 Å². The number of rotatable bonds is 7. The van der Waals surface area contributed by atoms with Gasteiger partial charge in [0.1, 0.15) is 0 Å². The van der Waals surface area contributed by atoms with Gasteiger partial charge in [0, 0.05) is 21.9 Å². The molecule has 0 aliphatic rings. The van der Waals surface area contributed by atoms with Gasteiger partial charge in [-0.3, -0.25) is 4.79 Å². The predicted octanol–water partition coefficient (Wildman–Crippen LogP) is 4.67. The van der Waals surface area contributed by atoms with Crippen LogP contribution in [0, 0.1) is 13.8 Å². The summed E-state index contributed by atoms with van der Waals surface area (Å²) in [6, 6.07) is 20.4. The van der Waals surface area contributed by atoms with Crippen molar-refractivity contribution in [2.24, 2.45) is 5.14 Å². The lowest BCUT2D eigenvalue weighted by molar-refractivity contribution is -0.116. The van der Waals surface area contributed by atoms with E-state index in [1.165, 1.54) is 28.2 Å². The summed E-state index contributed by atoms with van der Waals surface area (Å²) in [7, 11) is -3.70. The second-order valence-electron chi connectivity index (χ2n) is 7.11. The molecule has 5 nitrogen and oxygen atoms in total. The monoisotopic (exact) mass is 440 g/mol. The molecule has 0 aliphatic carbocycles. The van der Waals surface area contributed by atoms with E-state index in [9.17, 15) is 13.2 Å². The second kappa shape index (κ2) is 9.47. The van der Waals surface area contributed by atoms with E-state index < -0.39 is 10.0 Å². The number of primary sulfonamides is 1. The highest BCUT2D eigenvalue weighted by atomic mass is 32.2. The molecule has 3 aromatic carbocycles. The maximum absolute atomic E-state index is 12.2. The Morgan fingerprint density at radius 3 is 2.13 bits per heavy atom. The molecular formula is C23H24N2O3S2. The van der Waals surface area contributed by atoms with Crippen molar-refractivity contribution in [3.8, 4) is 0 Å².